The summed E-state index contributed by atoms with van der Waals surface area (Å²) in [5, 5.41) is 19.1. The molecule has 1 aromatic heterocycles. The van der Waals surface area contributed by atoms with Gasteiger partial charge in [0.05, 0.1) is 17.0 Å². The molecule has 0 radical (unpaired) electrons. The molecule has 0 aliphatic carbocycles. The summed E-state index contributed by atoms with van der Waals surface area (Å²) < 4.78 is 0. The number of H-pyrrole nitrogens is 1. The van der Waals surface area contributed by atoms with Gasteiger partial charge in [-0.2, -0.15) is 5.10 Å². The average molecular weight is 240 g/mol. The molecular formula is C11H20N4O2. The van der Waals surface area contributed by atoms with E-state index in [1.165, 1.54) is 0 Å². The number of aromatic nitrogens is 2. The lowest BCUT2D eigenvalue weighted by atomic mass is 9.97. The third kappa shape index (κ3) is 2.97. The van der Waals surface area contributed by atoms with Crippen molar-refractivity contribution in [2.24, 2.45) is 0 Å². The van der Waals surface area contributed by atoms with E-state index < -0.39 is 5.60 Å². The average Bonchev–Trinajstić information content (AvgIpc) is 2.67. The van der Waals surface area contributed by atoms with Crippen LogP contribution in [0.25, 0.3) is 0 Å². The summed E-state index contributed by atoms with van der Waals surface area (Å²) in [7, 11) is 0. The SMILES string of the molecule is CCC(O)(CC)CNC(=O)c1n[nH]c(C)c1N. The zero-order valence-corrected chi connectivity index (χ0v) is 10.5. The van der Waals surface area contributed by atoms with Crippen LogP contribution in [-0.4, -0.2) is 33.4 Å². The van der Waals surface area contributed by atoms with Gasteiger partial charge >= 0.3 is 0 Å². The molecule has 0 bridgehead atoms. The van der Waals surface area contributed by atoms with Crippen LogP contribution in [-0.2, 0) is 0 Å². The maximum absolute atomic E-state index is 11.8. The van der Waals surface area contributed by atoms with Gasteiger partial charge < -0.3 is 16.2 Å². The fraction of sp³-hybridized carbons (Fsp3) is 0.636. The zero-order chi connectivity index (χ0) is 13.1. The zero-order valence-electron chi connectivity index (χ0n) is 10.5. The van der Waals surface area contributed by atoms with Crippen molar-refractivity contribution >= 4 is 11.6 Å². The molecule has 1 aromatic rings. The first kappa shape index (κ1) is 13.5. The molecule has 6 heteroatoms. The summed E-state index contributed by atoms with van der Waals surface area (Å²) in [4.78, 5) is 11.8. The van der Waals surface area contributed by atoms with Crippen LogP contribution >= 0.6 is 0 Å². The molecule has 5 N–H and O–H groups in total. The van der Waals surface area contributed by atoms with Gasteiger partial charge in [0, 0.05) is 6.54 Å². The molecule has 17 heavy (non-hydrogen) atoms. The molecule has 0 saturated heterocycles. The fourth-order valence-electron chi connectivity index (χ4n) is 1.44. The van der Waals surface area contributed by atoms with Gasteiger partial charge in [0.25, 0.3) is 5.91 Å². The monoisotopic (exact) mass is 240 g/mol. The first-order valence-electron chi connectivity index (χ1n) is 5.74. The smallest absolute Gasteiger partial charge is 0.274 e. The number of hydrogen-bond donors (Lipinski definition) is 4. The van der Waals surface area contributed by atoms with Crippen molar-refractivity contribution in [2.75, 3.05) is 12.3 Å². The summed E-state index contributed by atoms with van der Waals surface area (Å²) in [6, 6.07) is 0. The number of carbonyl (C=O) groups is 1. The summed E-state index contributed by atoms with van der Waals surface area (Å²) in [5.41, 5.74) is 6.01. The number of hydrogen-bond acceptors (Lipinski definition) is 4. The lowest BCUT2D eigenvalue weighted by Crippen LogP contribution is -2.42. The number of aromatic amines is 1. The van der Waals surface area contributed by atoms with Gasteiger partial charge in [0.2, 0.25) is 0 Å². The number of anilines is 1. The van der Waals surface area contributed by atoms with Crippen molar-refractivity contribution in [1.29, 1.82) is 0 Å². The Morgan fingerprint density at radius 2 is 2.12 bits per heavy atom. The lowest BCUT2D eigenvalue weighted by Gasteiger charge is -2.25. The minimum atomic E-state index is -0.865. The third-order valence-corrected chi connectivity index (χ3v) is 3.10. The number of amides is 1. The van der Waals surface area contributed by atoms with E-state index in [0.29, 0.717) is 24.2 Å². The molecule has 96 valence electrons. The maximum Gasteiger partial charge on any atom is 0.274 e. The number of carbonyl (C=O) groups excluding carboxylic acids is 1. The van der Waals surface area contributed by atoms with Crippen LogP contribution in [0.1, 0.15) is 42.9 Å². The fourth-order valence-corrected chi connectivity index (χ4v) is 1.44. The third-order valence-electron chi connectivity index (χ3n) is 3.10. The molecule has 0 fully saturated rings. The molecule has 0 aliphatic rings. The highest BCUT2D eigenvalue weighted by Gasteiger charge is 2.24. The standard InChI is InChI=1S/C11H20N4O2/c1-4-11(17,5-2)6-13-10(16)9-8(12)7(3)14-15-9/h17H,4-6,12H2,1-3H3,(H,13,16)(H,14,15). The Hall–Kier alpha value is -1.56. The van der Waals surface area contributed by atoms with Crippen molar-refractivity contribution in [3.05, 3.63) is 11.4 Å². The molecule has 0 aromatic carbocycles. The summed E-state index contributed by atoms with van der Waals surface area (Å²) in [5.74, 6) is -0.368. The van der Waals surface area contributed by atoms with E-state index in [1.807, 2.05) is 13.8 Å². The van der Waals surface area contributed by atoms with Crippen molar-refractivity contribution in [2.45, 2.75) is 39.2 Å². The number of nitrogens with one attached hydrogen (secondary N) is 2. The van der Waals surface area contributed by atoms with Gasteiger partial charge in [0.1, 0.15) is 0 Å². The Labute approximate surface area is 101 Å². The number of nitrogens with two attached hydrogens (primary N) is 1. The van der Waals surface area contributed by atoms with Gasteiger partial charge in [-0.25, -0.2) is 0 Å². The van der Waals surface area contributed by atoms with Crippen molar-refractivity contribution in [3.63, 3.8) is 0 Å². The number of aliphatic hydroxyl groups is 1. The molecule has 0 saturated carbocycles. The number of nitrogen functional groups attached to an aromatic ring is 1. The van der Waals surface area contributed by atoms with Gasteiger partial charge in [-0.15, -0.1) is 0 Å². The molecule has 0 unspecified atom stereocenters. The maximum atomic E-state index is 11.8. The van der Waals surface area contributed by atoms with Crippen molar-refractivity contribution in [3.8, 4) is 0 Å². The highest BCUT2D eigenvalue weighted by atomic mass is 16.3. The second-order valence-electron chi connectivity index (χ2n) is 4.23. The summed E-state index contributed by atoms with van der Waals surface area (Å²) in [6.07, 6.45) is 1.16. The molecule has 0 spiro atoms. The predicted octanol–water partition coefficient (Wildman–Crippen LogP) is 0.581. The Balaban J connectivity index is 2.65. The van der Waals surface area contributed by atoms with Gasteiger partial charge in [-0.1, -0.05) is 13.8 Å². The minimum absolute atomic E-state index is 0.178. The molecule has 0 aliphatic heterocycles. The lowest BCUT2D eigenvalue weighted by molar-refractivity contribution is 0.0313. The summed E-state index contributed by atoms with van der Waals surface area (Å²) in [6.45, 7) is 5.70. The second-order valence-corrected chi connectivity index (χ2v) is 4.23. The number of aryl methyl sites for hydroxylation is 1. The first-order chi connectivity index (χ1) is 7.93. The first-order valence-corrected chi connectivity index (χ1v) is 5.74. The van der Waals surface area contributed by atoms with Crippen LogP contribution in [0.2, 0.25) is 0 Å². The normalized spacial score (nSPS) is 11.5. The molecule has 1 heterocycles. The molecule has 6 nitrogen and oxygen atoms in total. The van der Waals surface area contributed by atoms with E-state index >= 15 is 0 Å². The predicted molar refractivity (Wildman–Crippen MR) is 65.6 cm³/mol. The Morgan fingerprint density at radius 1 is 1.53 bits per heavy atom. The van der Waals surface area contributed by atoms with E-state index in [2.05, 4.69) is 15.5 Å². The largest absolute Gasteiger partial charge is 0.395 e. The molecule has 1 amide bonds. The van der Waals surface area contributed by atoms with Crippen LogP contribution in [0.4, 0.5) is 5.69 Å². The Morgan fingerprint density at radius 3 is 2.53 bits per heavy atom. The molecule has 1 rings (SSSR count). The highest BCUT2D eigenvalue weighted by molar-refractivity contribution is 5.97. The van der Waals surface area contributed by atoms with Gasteiger partial charge in [-0.05, 0) is 19.8 Å². The van der Waals surface area contributed by atoms with E-state index in [1.54, 1.807) is 6.92 Å². The van der Waals surface area contributed by atoms with Crippen molar-refractivity contribution in [1.82, 2.24) is 15.5 Å². The number of rotatable bonds is 5. The van der Waals surface area contributed by atoms with E-state index in [-0.39, 0.29) is 18.1 Å². The van der Waals surface area contributed by atoms with Crippen LogP contribution in [0.3, 0.4) is 0 Å². The van der Waals surface area contributed by atoms with Crippen LogP contribution in [0, 0.1) is 6.92 Å². The second kappa shape index (κ2) is 5.18. The van der Waals surface area contributed by atoms with E-state index in [4.69, 9.17) is 5.73 Å². The topological polar surface area (TPSA) is 104 Å². The quantitative estimate of drug-likeness (QED) is 0.604. The molecular weight excluding hydrogens is 220 g/mol. The summed E-state index contributed by atoms with van der Waals surface area (Å²) >= 11 is 0. The number of nitrogens with zero attached hydrogens (tertiary/aromatic N) is 1. The van der Waals surface area contributed by atoms with E-state index in [0.717, 1.165) is 0 Å². The van der Waals surface area contributed by atoms with E-state index in [9.17, 15) is 9.90 Å². The van der Waals surface area contributed by atoms with Crippen LogP contribution in [0.15, 0.2) is 0 Å². The van der Waals surface area contributed by atoms with Crippen LogP contribution < -0.4 is 11.1 Å². The van der Waals surface area contributed by atoms with Crippen LogP contribution in [0.5, 0.6) is 0 Å². The van der Waals surface area contributed by atoms with Gasteiger partial charge in [0.15, 0.2) is 5.69 Å². The van der Waals surface area contributed by atoms with Crippen molar-refractivity contribution < 1.29 is 9.90 Å². The molecule has 0 atom stereocenters. The van der Waals surface area contributed by atoms with Gasteiger partial charge in [-0.3, -0.25) is 9.89 Å². The Bertz CT molecular complexity index is 396. The Kier molecular flexibility index (Phi) is 4.11. The minimum Gasteiger partial charge on any atom is -0.395 e. The highest BCUT2D eigenvalue weighted by Crippen LogP contribution is 2.15.